The van der Waals surface area contributed by atoms with Gasteiger partial charge in [0.05, 0.1) is 4.92 Å². The summed E-state index contributed by atoms with van der Waals surface area (Å²) in [5.74, 6) is 0.706. The summed E-state index contributed by atoms with van der Waals surface area (Å²) in [6.07, 6.45) is 1.17. The maximum Gasteiger partial charge on any atom is 0.269 e. The van der Waals surface area contributed by atoms with Gasteiger partial charge in [0.1, 0.15) is 0 Å². The zero-order valence-electron chi connectivity index (χ0n) is 8.94. The van der Waals surface area contributed by atoms with E-state index in [1.165, 1.54) is 18.6 Å². The molecule has 1 N–H and O–H groups in total. The van der Waals surface area contributed by atoms with Crippen LogP contribution in [-0.4, -0.2) is 11.0 Å². The molecule has 0 heterocycles. The lowest BCUT2D eigenvalue weighted by atomic mass is 10.2. The highest BCUT2D eigenvalue weighted by Gasteiger charge is 2.31. The molecule has 2 rings (SSSR count). The van der Waals surface area contributed by atoms with Crippen LogP contribution < -0.4 is 5.32 Å². The molecular formula is C11H13ClN2O2. The molecule has 0 aliphatic heterocycles. The van der Waals surface area contributed by atoms with E-state index in [1.54, 1.807) is 6.07 Å². The van der Waals surface area contributed by atoms with Crippen molar-refractivity contribution in [1.29, 1.82) is 0 Å². The fraction of sp³-hybridized carbons (Fsp3) is 0.455. The summed E-state index contributed by atoms with van der Waals surface area (Å²) < 4.78 is 0. The average Bonchev–Trinajstić information content (AvgIpc) is 2.93. The van der Waals surface area contributed by atoms with Gasteiger partial charge in [-0.05, 0) is 24.0 Å². The molecule has 1 aromatic carbocycles. The summed E-state index contributed by atoms with van der Waals surface area (Å²) in [6, 6.07) is 5.07. The maximum atomic E-state index is 10.6. The van der Waals surface area contributed by atoms with Crippen molar-refractivity contribution in [3.8, 4) is 0 Å². The van der Waals surface area contributed by atoms with Gasteiger partial charge in [-0.25, -0.2) is 0 Å². The molecule has 0 saturated heterocycles. The van der Waals surface area contributed by atoms with E-state index >= 15 is 0 Å². The number of nitro groups is 1. The first-order valence-electron chi connectivity index (χ1n) is 5.24. The summed E-state index contributed by atoms with van der Waals surface area (Å²) in [7, 11) is 0. The third-order valence-electron chi connectivity index (χ3n) is 2.90. The first-order chi connectivity index (χ1) is 7.58. The van der Waals surface area contributed by atoms with Crippen LogP contribution in [0, 0.1) is 16.0 Å². The van der Waals surface area contributed by atoms with Gasteiger partial charge in [-0.1, -0.05) is 18.5 Å². The highest BCUT2D eigenvalue weighted by Crippen LogP contribution is 2.30. The molecule has 0 spiro atoms. The van der Waals surface area contributed by atoms with Crippen LogP contribution in [0.3, 0.4) is 0 Å². The molecule has 1 aromatic rings. The Balaban J connectivity index is 2.06. The highest BCUT2D eigenvalue weighted by atomic mass is 35.5. The third kappa shape index (κ3) is 2.51. The van der Waals surface area contributed by atoms with Crippen LogP contribution in [-0.2, 0) is 6.54 Å². The summed E-state index contributed by atoms with van der Waals surface area (Å²) >= 11 is 5.98. The summed E-state index contributed by atoms with van der Waals surface area (Å²) in [4.78, 5) is 10.2. The van der Waals surface area contributed by atoms with E-state index < -0.39 is 4.92 Å². The number of hydrogen-bond acceptors (Lipinski definition) is 3. The maximum absolute atomic E-state index is 10.6. The normalized spacial score (nSPS) is 23.1. The minimum absolute atomic E-state index is 0.0880. The summed E-state index contributed by atoms with van der Waals surface area (Å²) in [6.45, 7) is 2.77. The van der Waals surface area contributed by atoms with Gasteiger partial charge in [0.2, 0.25) is 0 Å². The Bertz CT molecular complexity index is 422. The zero-order chi connectivity index (χ0) is 11.7. The highest BCUT2D eigenvalue weighted by molar-refractivity contribution is 6.31. The van der Waals surface area contributed by atoms with E-state index in [0.29, 0.717) is 23.5 Å². The molecule has 2 atom stereocenters. The number of hydrogen-bond donors (Lipinski definition) is 1. The van der Waals surface area contributed by atoms with Crippen LogP contribution >= 0.6 is 11.6 Å². The molecule has 1 saturated carbocycles. The molecule has 16 heavy (non-hydrogen) atoms. The second-order valence-electron chi connectivity index (χ2n) is 4.23. The molecule has 1 aliphatic carbocycles. The fourth-order valence-corrected chi connectivity index (χ4v) is 1.84. The lowest BCUT2D eigenvalue weighted by molar-refractivity contribution is -0.384. The predicted octanol–water partition coefficient (Wildman–Crippen LogP) is 2.75. The van der Waals surface area contributed by atoms with Crippen molar-refractivity contribution < 1.29 is 4.92 Å². The van der Waals surface area contributed by atoms with E-state index in [0.717, 1.165) is 5.56 Å². The third-order valence-corrected chi connectivity index (χ3v) is 3.27. The van der Waals surface area contributed by atoms with E-state index in [2.05, 4.69) is 12.2 Å². The molecule has 1 fully saturated rings. The zero-order valence-corrected chi connectivity index (χ0v) is 9.70. The van der Waals surface area contributed by atoms with Gasteiger partial charge in [-0.2, -0.15) is 0 Å². The van der Waals surface area contributed by atoms with Gasteiger partial charge in [-0.3, -0.25) is 10.1 Å². The number of benzene rings is 1. The molecular weight excluding hydrogens is 228 g/mol. The van der Waals surface area contributed by atoms with Gasteiger partial charge in [0, 0.05) is 29.7 Å². The minimum Gasteiger partial charge on any atom is -0.310 e. The molecule has 1 aliphatic rings. The molecule has 0 amide bonds. The molecule has 2 unspecified atom stereocenters. The topological polar surface area (TPSA) is 55.2 Å². The van der Waals surface area contributed by atoms with Gasteiger partial charge < -0.3 is 5.32 Å². The van der Waals surface area contributed by atoms with E-state index in [1.807, 2.05) is 0 Å². The molecule has 0 bridgehead atoms. The minimum atomic E-state index is -0.403. The fourth-order valence-electron chi connectivity index (χ4n) is 1.66. The lowest BCUT2D eigenvalue weighted by Crippen LogP contribution is -2.17. The van der Waals surface area contributed by atoms with Crippen molar-refractivity contribution in [3.63, 3.8) is 0 Å². The molecule has 0 radical (unpaired) electrons. The molecule has 86 valence electrons. The quantitative estimate of drug-likeness (QED) is 0.650. The monoisotopic (exact) mass is 240 g/mol. The van der Waals surface area contributed by atoms with Crippen LogP contribution in [0.5, 0.6) is 0 Å². The number of halogens is 1. The SMILES string of the molecule is CC1CC1NCc1cc([N+](=O)[O-])ccc1Cl. The second kappa shape index (κ2) is 4.39. The van der Waals surface area contributed by atoms with Gasteiger partial charge in [-0.15, -0.1) is 0 Å². The predicted molar refractivity (Wildman–Crippen MR) is 62.5 cm³/mol. The molecule has 5 heteroatoms. The van der Waals surface area contributed by atoms with Crippen molar-refractivity contribution in [3.05, 3.63) is 38.9 Å². The van der Waals surface area contributed by atoms with Crippen LogP contribution in [0.15, 0.2) is 18.2 Å². The van der Waals surface area contributed by atoms with Crippen molar-refractivity contribution in [2.24, 2.45) is 5.92 Å². The Labute approximate surface area is 98.8 Å². The number of nitro benzene ring substituents is 1. The van der Waals surface area contributed by atoms with Gasteiger partial charge in [0.25, 0.3) is 5.69 Å². The average molecular weight is 241 g/mol. The first-order valence-corrected chi connectivity index (χ1v) is 5.62. The molecule has 4 nitrogen and oxygen atoms in total. The molecule has 0 aromatic heterocycles. The largest absolute Gasteiger partial charge is 0.310 e. The van der Waals surface area contributed by atoms with Crippen LogP contribution in [0.4, 0.5) is 5.69 Å². The van der Waals surface area contributed by atoms with Crippen molar-refractivity contribution in [2.75, 3.05) is 0 Å². The van der Waals surface area contributed by atoms with Crippen molar-refractivity contribution in [1.82, 2.24) is 5.32 Å². The Morgan fingerprint density at radius 3 is 2.88 bits per heavy atom. The van der Waals surface area contributed by atoms with Crippen LogP contribution in [0.2, 0.25) is 5.02 Å². The van der Waals surface area contributed by atoms with Gasteiger partial charge in [0.15, 0.2) is 0 Å². The first kappa shape index (κ1) is 11.4. The summed E-state index contributed by atoms with van der Waals surface area (Å²) in [5.41, 5.74) is 0.875. The Hall–Kier alpha value is -1.13. The lowest BCUT2D eigenvalue weighted by Gasteiger charge is -2.05. The second-order valence-corrected chi connectivity index (χ2v) is 4.64. The number of nitrogens with zero attached hydrogens (tertiary/aromatic N) is 1. The van der Waals surface area contributed by atoms with Crippen LogP contribution in [0.1, 0.15) is 18.9 Å². The van der Waals surface area contributed by atoms with E-state index in [9.17, 15) is 10.1 Å². The standard InChI is InChI=1S/C11H13ClN2O2/c1-7-4-11(7)13-6-8-5-9(14(15)16)2-3-10(8)12/h2-3,5,7,11,13H,4,6H2,1H3. The van der Waals surface area contributed by atoms with Gasteiger partial charge >= 0.3 is 0 Å². The Morgan fingerprint density at radius 1 is 1.62 bits per heavy atom. The van der Waals surface area contributed by atoms with E-state index in [-0.39, 0.29) is 5.69 Å². The number of non-ortho nitro benzene ring substituents is 1. The smallest absolute Gasteiger partial charge is 0.269 e. The Morgan fingerprint density at radius 2 is 2.31 bits per heavy atom. The summed E-state index contributed by atoms with van der Waals surface area (Å²) in [5, 5.41) is 14.5. The Kier molecular flexibility index (Phi) is 3.12. The number of nitrogens with one attached hydrogen (secondary N) is 1. The van der Waals surface area contributed by atoms with E-state index in [4.69, 9.17) is 11.6 Å². The number of rotatable bonds is 4. The van der Waals surface area contributed by atoms with Crippen molar-refractivity contribution in [2.45, 2.75) is 25.9 Å². The van der Waals surface area contributed by atoms with Crippen LogP contribution in [0.25, 0.3) is 0 Å². The van der Waals surface area contributed by atoms with Crippen molar-refractivity contribution >= 4 is 17.3 Å².